The van der Waals surface area contributed by atoms with Crippen LogP contribution in [-0.4, -0.2) is 49.4 Å². The lowest BCUT2D eigenvalue weighted by Gasteiger charge is -2.26. The van der Waals surface area contributed by atoms with Gasteiger partial charge in [-0.3, -0.25) is 4.79 Å². The van der Waals surface area contributed by atoms with Gasteiger partial charge in [0, 0.05) is 12.6 Å². The van der Waals surface area contributed by atoms with Crippen LogP contribution in [0.1, 0.15) is 6.42 Å². The summed E-state index contributed by atoms with van der Waals surface area (Å²) in [5.41, 5.74) is 0. The number of para-hydroxylation sites is 1. The second kappa shape index (κ2) is 4.73. The molecule has 0 saturated carbocycles. The molecule has 20 heavy (non-hydrogen) atoms. The minimum absolute atomic E-state index is 0.0258. The maximum Gasteiger partial charge on any atom is 0.260 e. The fourth-order valence-corrected chi connectivity index (χ4v) is 4.81. The first-order valence-electron chi connectivity index (χ1n) is 6.36. The van der Waals surface area contributed by atoms with Crippen LogP contribution in [0, 0.1) is 5.82 Å². The average Bonchev–Trinajstić information content (AvgIpc) is 2.93. The number of rotatable bonds is 3. The molecule has 2 heterocycles. The van der Waals surface area contributed by atoms with Crippen molar-refractivity contribution in [3.63, 3.8) is 0 Å². The summed E-state index contributed by atoms with van der Waals surface area (Å²) in [4.78, 5) is 13.5. The third kappa shape index (κ3) is 2.26. The van der Waals surface area contributed by atoms with Gasteiger partial charge in [0.1, 0.15) is 0 Å². The van der Waals surface area contributed by atoms with Gasteiger partial charge in [0.15, 0.2) is 28.0 Å². The summed E-state index contributed by atoms with van der Waals surface area (Å²) in [6, 6.07) is 5.61. The zero-order chi connectivity index (χ0) is 14.3. The Morgan fingerprint density at radius 3 is 2.75 bits per heavy atom. The van der Waals surface area contributed by atoms with E-state index in [1.807, 2.05) is 0 Å². The van der Waals surface area contributed by atoms with Gasteiger partial charge in [-0.15, -0.1) is 0 Å². The molecule has 7 heteroatoms. The minimum Gasteiger partial charge on any atom is -0.481 e. The minimum atomic E-state index is -3.02. The third-order valence-electron chi connectivity index (χ3n) is 3.82. The fourth-order valence-electron chi connectivity index (χ4n) is 2.79. The number of fused-ring (bicyclic) bond motifs is 2. The lowest BCUT2D eigenvalue weighted by molar-refractivity contribution is -0.133. The van der Waals surface area contributed by atoms with E-state index in [0.717, 1.165) is 0 Å². The Bertz CT molecular complexity index is 646. The summed E-state index contributed by atoms with van der Waals surface area (Å²) in [7, 11) is -3.02. The van der Waals surface area contributed by atoms with Gasteiger partial charge >= 0.3 is 0 Å². The Morgan fingerprint density at radius 1 is 1.40 bits per heavy atom. The van der Waals surface area contributed by atoms with Gasteiger partial charge in [0.05, 0.1) is 11.0 Å². The van der Waals surface area contributed by atoms with Crippen molar-refractivity contribution < 1.29 is 22.3 Å². The zero-order valence-corrected chi connectivity index (χ0v) is 11.5. The maximum absolute atomic E-state index is 13.3. The Kier molecular flexibility index (Phi) is 3.16. The van der Waals surface area contributed by atoms with Crippen molar-refractivity contribution in [2.24, 2.45) is 0 Å². The van der Waals surface area contributed by atoms with E-state index in [4.69, 9.17) is 4.74 Å². The van der Waals surface area contributed by atoms with Crippen LogP contribution in [0.5, 0.6) is 5.75 Å². The standard InChI is InChI=1S/C13H14FNO4S/c14-11-3-1-2-4-12(11)19-7-13(16)15-6-10-5-9(15)8-20(10,17)18/h1-4,9-10H,5-8H2. The normalized spacial score (nSPS) is 26.8. The van der Waals surface area contributed by atoms with Crippen molar-refractivity contribution in [1.29, 1.82) is 0 Å². The number of benzene rings is 1. The van der Waals surface area contributed by atoms with Crippen molar-refractivity contribution in [2.45, 2.75) is 17.7 Å². The van der Waals surface area contributed by atoms with Crippen molar-refractivity contribution in [3.8, 4) is 5.75 Å². The first-order chi connectivity index (χ1) is 9.47. The van der Waals surface area contributed by atoms with Crippen LogP contribution >= 0.6 is 0 Å². The average molecular weight is 299 g/mol. The van der Waals surface area contributed by atoms with Crippen LogP contribution in [0.15, 0.2) is 24.3 Å². The highest BCUT2D eigenvalue weighted by Crippen LogP contribution is 2.32. The molecule has 108 valence electrons. The fraction of sp³-hybridized carbons (Fsp3) is 0.462. The monoisotopic (exact) mass is 299 g/mol. The highest BCUT2D eigenvalue weighted by molar-refractivity contribution is 7.92. The van der Waals surface area contributed by atoms with Crippen LogP contribution in [0.4, 0.5) is 4.39 Å². The molecule has 1 aromatic rings. The molecular weight excluding hydrogens is 285 g/mol. The molecule has 0 aliphatic carbocycles. The number of carbonyl (C=O) groups is 1. The number of amides is 1. The van der Waals surface area contributed by atoms with E-state index in [1.165, 1.54) is 23.1 Å². The molecule has 5 nitrogen and oxygen atoms in total. The van der Waals surface area contributed by atoms with E-state index < -0.39 is 20.9 Å². The molecule has 1 amide bonds. The number of nitrogens with zero attached hydrogens (tertiary/aromatic N) is 1. The molecular formula is C13H14FNO4S. The molecule has 2 fully saturated rings. The number of hydrogen-bond acceptors (Lipinski definition) is 4. The number of halogens is 1. The largest absolute Gasteiger partial charge is 0.481 e. The van der Waals surface area contributed by atoms with Crippen LogP contribution in [0.3, 0.4) is 0 Å². The molecule has 2 bridgehead atoms. The maximum atomic E-state index is 13.3. The van der Waals surface area contributed by atoms with Crippen LogP contribution in [0.25, 0.3) is 0 Å². The highest BCUT2D eigenvalue weighted by atomic mass is 32.2. The Hall–Kier alpha value is -1.63. The van der Waals surface area contributed by atoms with Gasteiger partial charge in [-0.25, -0.2) is 12.8 Å². The summed E-state index contributed by atoms with van der Waals surface area (Å²) in [5.74, 6) is -0.761. The van der Waals surface area contributed by atoms with Crippen molar-refractivity contribution in [3.05, 3.63) is 30.1 Å². The van der Waals surface area contributed by atoms with Crippen LogP contribution < -0.4 is 4.74 Å². The molecule has 3 rings (SSSR count). The summed E-state index contributed by atoms with van der Waals surface area (Å²) in [6.07, 6.45) is 0.508. The molecule has 0 aromatic heterocycles. The molecule has 1 aromatic carbocycles. The first kappa shape index (κ1) is 13.4. The van der Waals surface area contributed by atoms with Crippen molar-refractivity contribution >= 4 is 15.7 Å². The number of sulfone groups is 1. The van der Waals surface area contributed by atoms with E-state index in [9.17, 15) is 17.6 Å². The molecule has 0 spiro atoms. The van der Waals surface area contributed by atoms with E-state index in [0.29, 0.717) is 6.42 Å². The van der Waals surface area contributed by atoms with Crippen LogP contribution in [0.2, 0.25) is 0 Å². The number of hydrogen-bond donors (Lipinski definition) is 0. The van der Waals surface area contributed by atoms with E-state index >= 15 is 0 Å². The molecule has 0 radical (unpaired) electrons. The molecule has 2 saturated heterocycles. The second-order valence-electron chi connectivity index (χ2n) is 5.11. The number of ether oxygens (including phenoxy) is 1. The summed E-state index contributed by atoms with van der Waals surface area (Å²) < 4.78 is 41.7. The van der Waals surface area contributed by atoms with Crippen molar-refractivity contribution in [1.82, 2.24) is 4.90 Å². The predicted octanol–water partition coefficient (Wildman–Crippen LogP) is 0.602. The summed E-state index contributed by atoms with van der Waals surface area (Å²) >= 11 is 0. The SMILES string of the molecule is O=C(COc1ccccc1F)N1CC2CC1CS2(=O)=O. The molecule has 2 atom stereocenters. The van der Waals surface area contributed by atoms with Gasteiger partial charge < -0.3 is 9.64 Å². The van der Waals surface area contributed by atoms with Gasteiger partial charge in [0.2, 0.25) is 0 Å². The number of likely N-dealkylation sites (tertiary alicyclic amines) is 1. The van der Waals surface area contributed by atoms with Gasteiger partial charge in [0.25, 0.3) is 5.91 Å². The van der Waals surface area contributed by atoms with Crippen LogP contribution in [-0.2, 0) is 14.6 Å². The van der Waals surface area contributed by atoms with E-state index in [1.54, 1.807) is 6.07 Å². The van der Waals surface area contributed by atoms with E-state index in [-0.39, 0.29) is 36.6 Å². The lowest BCUT2D eigenvalue weighted by atomic mass is 10.2. The Morgan fingerprint density at radius 2 is 2.15 bits per heavy atom. The smallest absolute Gasteiger partial charge is 0.260 e. The zero-order valence-electron chi connectivity index (χ0n) is 10.7. The quantitative estimate of drug-likeness (QED) is 0.820. The lowest BCUT2D eigenvalue weighted by Crippen LogP contribution is -2.45. The third-order valence-corrected chi connectivity index (χ3v) is 6.02. The summed E-state index contributed by atoms with van der Waals surface area (Å²) in [6.45, 7) is -0.0450. The highest BCUT2D eigenvalue weighted by Gasteiger charge is 2.49. The Labute approximate surface area is 116 Å². The Balaban J connectivity index is 1.61. The number of carbonyl (C=O) groups excluding carboxylic acids is 1. The molecule has 2 aliphatic rings. The first-order valence-corrected chi connectivity index (χ1v) is 8.07. The van der Waals surface area contributed by atoms with Gasteiger partial charge in [-0.1, -0.05) is 12.1 Å². The molecule has 2 unspecified atom stereocenters. The topological polar surface area (TPSA) is 63.7 Å². The van der Waals surface area contributed by atoms with Crippen molar-refractivity contribution in [2.75, 3.05) is 18.9 Å². The van der Waals surface area contributed by atoms with Gasteiger partial charge in [-0.2, -0.15) is 0 Å². The van der Waals surface area contributed by atoms with E-state index in [2.05, 4.69) is 0 Å². The second-order valence-corrected chi connectivity index (χ2v) is 7.43. The predicted molar refractivity (Wildman–Crippen MR) is 69.6 cm³/mol. The summed E-state index contributed by atoms with van der Waals surface area (Å²) in [5, 5.41) is -0.440. The molecule has 2 aliphatic heterocycles. The molecule has 0 N–H and O–H groups in total. The van der Waals surface area contributed by atoms with Gasteiger partial charge in [-0.05, 0) is 18.6 Å².